The fraction of sp³-hybridized carbons (Fsp3) is 0.391. The summed E-state index contributed by atoms with van der Waals surface area (Å²) in [5.41, 5.74) is -0.948. The van der Waals surface area contributed by atoms with Crippen LogP contribution in [0.2, 0.25) is 0 Å². The molecule has 1 heterocycles. The summed E-state index contributed by atoms with van der Waals surface area (Å²) in [7, 11) is 1.49. The minimum atomic E-state index is -1.26. The van der Waals surface area contributed by atoms with Crippen LogP contribution in [0.15, 0.2) is 39.7 Å². The van der Waals surface area contributed by atoms with Gasteiger partial charge in [-0.25, -0.2) is 8.78 Å². The van der Waals surface area contributed by atoms with Gasteiger partial charge in [0.05, 0.1) is 19.1 Å². The Balaban J connectivity index is 2.33. The molecule has 184 valence electrons. The number of esters is 1. The molecule has 1 aromatic carbocycles. The molecule has 0 saturated heterocycles. The smallest absolute Gasteiger partial charge is 0.308 e. The first kappa shape index (κ1) is 27.2. The SMILES string of the molecule is CCC[C@H](NC(=O)c1cccn(C)c1=O)C(=O)N[C@@H](CC(=O)OCC)c1cc(Br)cc(F)c1F. The lowest BCUT2D eigenvalue weighted by Gasteiger charge is -2.24. The van der Waals surface area contributed by atoms with Crippen LogP contribution in [0.1, 0.15) is 55.1 Å². The van der Waals surface area contributed by atoms with Gasteiger partial charge in [0.2, 0.25) is 5.91 Å². The molecule has 11 heteroatoms. The van der Waals surface area contributed by atoms with Crippen LogP contribution in [-0.2, 0) is 21.4 Å². The van der Waals surface area contributed by atoms with Gasteiger partial charge in [0.1, 0.15) is 11.6 Å². The molecule has 0 aliphatic carbocycles. The second-order valence-corrected chi connectivity index (χ2v) is 8.43. The van der Waals surface area contributed by atoms with Crippen molar-refractivity contribution in [1.29, 1.82) is 0 Å². The van der Waals surface area contributed by atoms with Crippen molar-refractivity contribution < 1.29 is 27.9 Å². The maximum Gasteiger partial charge on any atom is 0.308 e. The molecule has 2 atom stereocenters. The third kappa shape index (κ3) is 6.96. The molecule has 34 heavy (non-hydrogen) atoms. The Morgan fingerprint density at radius 2 is 1.88 bits per heavy atom. The number of carbonyl (C=O) groups is 3. The molecule has 2 rings (SSSR count). The molecule has 2 aromatic rings. The van der Waals surface area contributed by atoms with E-state index in [0.717, 1.165) is 6.07 Å². The van der Waals surface area contributed by atoms with Gasteiger partial charge in [0, 0.05) is 23.3 Å². The topological polar surface area (TPSA) is 107 Å². The first-order valence-corrected chi connectivity index (χ1v) is 11.4. The molecule has 0 unspecified atom stereocenters. The lowest BCUT2D eigenvalue weighted by Crippen LogP contribution is -2.49. The molecule has 0 saturated carbocycles. The zero-order chi connectivity index (χ0) is 25.4. The maximum atomic E-state index is 14.6. The van der Waals surface area contributed by atoms with Crippen molar-refractivity contribution in [2.24, 2.45) is 7.05 Å². The molecule has 0 aliphatic rings. The van der Waals surface area contributed by atoms with Crippen molar-refractivity contribution in [3.63, 3.8) is 0 Å². The highest BCUT2D eigenvalue weighted by Gasteiger charge is 2.29. The highest BCUT2D eigenvalue weighted by atomic mass is 79.9. The first-order chi connectivity index (χ1) is 16.1. The number of aryl methyl sites for hydroxylation is 1. The zero-order valence-corrected chi connectivity index (χ0v) is 20.6. The van der Waals surface area contributed by atoms with E-state index >= 15 is 0 Å². The molecular weight excluding hydrogens is 516 g/mol. The van der Waals surface area contributed by atoms with Crippen molar-refractivity contribution in [2.75, 3.05) is 6.61 Å². The summed E-state index contributed by atoms with van der Waals surface area (Å²) in [6, 6.07) is 2.67. The van der Waals surface area contributed by atoms with Gasteiger partial charge in [-0.3, -0.25) is 19.2 Å². The van der Waals surface area contributed by atoms with Crippen LogP contribution in [0, 0.1) is 11.6 Å². The average molecular weight is 542 g/mol. The standard InChI is InChI=1S/C23H26BrF2N3O5/c1-4-7-17(27-21(31)14-8-6-9-29(3)23(14)33)22(32)28-18(12-19(30)34-5-2)15-10-13(24)11-16(25)20(15)26/h6,8-11,17-18H,4-5,7,12H2,1-3H3,(H,27,31)(H,28,32)/t17-,18-/m0/s1. The van der Waals surface area contributed by atoms with Crippen LogP contribution in [0.3, 0.4) is 0 Å². The van der Waals surface area contributed by atoms with E-state index in [1.807, 2.05) is 0 Å². The van der Waals surface area contributed by atoms with E-state index in [-0.39, 0.29) is 28.6 Å². The zero-order valence-electron chi connectivity index (χ0n) is 19.0. The van der Waals surface area contributed by atoms with E-state index in [1.54, 1.807) is 13.8 Å². The van der Waals surface area contributed by atoms with E-state index in [4.69, 9.17) is 4.74 Å². The monoisotopic (exact) mass is 541 g/mol. The van der Waals surface area contributed by atoms with Crippen LogP contribution in [0.25, 0.3) is 0 Å². The maximum absolute atomic E-state index is 14.6. The highest BCUT2D eigenvalue weighted by Crippen LogP contribution is 2.27. The number of aromatic nitrogens is 1. The number of nitrogens with zero attached hydrogens (tertiary/aromatic N) is 1. The van der Waals surface area contributed by atoms with Crippen LogP contribution in [-0.4, -0.2) is 35.0 Å². The van der Waals surface area contributed by atoms with Crippen LogP contribution < -0.4 is 16.2 Å². The number of benzene rings is 1. The Hall–Kier alpha value is -3.08. The molecule has 0 radical (unpaired) electrons. The number of halogens is 3. The number of amides is 2. The van der Waals surface area contributed by atoms with Crippen molar-refractivity contribution in [1.82, 2.24) is 15.2 Å². The molecule has 0 aliphatic heterocycles. The van der Waals surface area contributed by atoms with Gasteiger partial charge in [-0.1, -0.05) is 29.3 Å². The van der Waals surface area contributed by atoms with E-state index in [9.17, 15) is 28.0 Å². The Morgan fingerprint density at radius 1 is 1.18 bits per heavy atom. The van der Waals surface area contributed by atoms with E-state index in [1.165, 1.54) is 36.0 Å². The number of carbonyl (C=O) groups excluding carboxylic acids is 3. The van der Waals surface area contributed by atoms with E-state index in [0.29, 0.717) is 6.42 Å². The van der Waals surface area contributed by atoms with Crippen LogP contribution in [0.5, 0.6) is 0 Å². The number of nitrogens with one attached hydrogen (secondary N) is 2. The summed E-state index contributed by atoms with van der Waals surface area (Å²) < 4.78 is 34.9. The number of hydrogen-bond acceptors (Lipinski definition) is 5. The molecule has 0 fully saturated rings. The van der Waals surface area contributed by atoms with Crippen LogP contribution in [0.4, 0.5) is 8.78 Å². The Kier molecular flexibility index (Phi) is 9.91. The van der Waals surface area contributed by atoms with Crippen molar-refractivity contribution in [3.05, 3.63) is 68.1 Å². The predicted molar refractivity (Wildman–Crippen MR) is 124 cm³/mol. The third-order valence-corrected chi connectivity index (χ3v) is 5.41. The van der Waals surface area contributed by atoms with Gasteiger partial charge in [-0.2, -0.15) is 0 Å². The molecular formula is C23H26BrF2N3O5. The lowest BCUT2D eigenvalue weighted by molar-refractivity contribution is -0.143. The van der Waals surface area contributed by atoms with Crippen molar-refractivity contribution >= 4 is 33.7 Å². The Labute approximate surface area is 203 Å². The summed E-state index contributed by atoms with van der Waals surface area (Å²) in [5.74, 6) is -4.59. The summed E-state index contributed by atoms with van der Waals surface area (Å²) in [6.45, 7) is 3.44. The summed E-state index contributed by atoms with van der Waals surface area (Å²) in [4.78, 5) is 50.1. The normalized spacial score (nSPS) is 12.5. The molecule has 2 N–H and O–H groups in total. The van der Waals surface area contributed by atoms with Crippen LogP contribution >= 0.6 is 15.9 Å². The Morgan fingerprint density at radius 3 is 2.53 bits per heavy atom. The molecule has 8 nitrogen and oxygen atoms in total. The number of pyridine rings is 1. The van der Waals surface area contributed by atoms with Gasteiger partial charge in [0.25, 0.3) is 11.5 Å². The molecule has 0 bridgehead atoms. The van der Waals surface area contributed by atoms with Gasteiger partial charge < -0.3 is 19.9 Å². The summed E-state index contributed by atoms with van der Waals surface area (Å²) in [5, 5.41) is 5.04. The van der Waals surface area contributed by atoms with Crippen molar-refractivity contribution in [3.8, 4) is 0 Å². The third-order valence-electron chi connectivity index (χ3n) is 4.96. The second-order valence-electron chi connectivity index (χ2n) is 7.51. The second kappa shape index (κ2) is 12.4. The van der Waals surface area contributed by atoms with Gasteiger partial charge >= 0.3 is 5.97 Å². The highest BCUT2D eigenvalue weighted by molar-refractivity contribution is 9.10. The fourth-order valence-electron chi connectivity index (χ4n) is 3.29. The van der Waals surface area contributed by atoms with Gasteiger partial charge in [0.15, 0.2) is 11.6 Å². The lowest BCUT2D eigenvalue weighted by atomic mass is 10.0. The number of rotatable bonds is 10. The van der Waals surface area contributed by atoms with Gasteiger partial charge in [-0.05, 0) is 37.6 Å². The van der Waals surface area contributed by atoms with E-state index in [2.05, 4.69) is 26.6 Å². The fourth-order valence-corrected chi connectivity index (χ4v) is 3.74. The minimum Gasteiger partial charge on any atom is -0.466 e. The summed E-state index contributed by atoms with van der Waals surface area (Å²) in [6.07, 6.45) is 1.72. The first-order valence-electron chi connectivity index (χ1n) is 10.7. The average Bonchev–Trinajstić information content (AvgIpc) is 2.77. The quantitative estimate of drug-likeness (QED) is 0.355. The molecule has 0 spiro atoms. The molecule has 1 aromatic heterocycles. The minimum absolute atomic E-state index is 0.0649. The van der Waals surface area contributed by atoms with Gasteiger partial charge in [-0.15, -0.1) is 0 Å². The largest absolute Gasteiger partial charge is 0.466 e. The van der Waals surface area contributed by atoms with E-state index < -0.39 is 53.5 Å². The Bertz CT molecular complexity index is 1120. The predicted octanol–water partition coefficient (Wildman–Crippen LogP) is 3.14. The number of ether oxygens (including phenoxy) is 1. The molecule has 2 amide bonds. The summed E-state index contributed by atoms with van der Waals surface area (Å²) >= 11 is 3.08. The van der Waals surface area contributed by atoms with Crippen molar-refractivity contribution in [2.45, 2.75) is 45.2 Å². The number of hydrogen-bond donors (Lipinski definition) is 2.